The Morgan fingerprint density at radius 1 is 1.53 bits per heavy atom. The van der Waals surface area contributed by atoms with E-state index in [1.54, 1.807) is 24.3 Å². The summed E-state index contributed by atoms with van der Waals surface area (Å²) in [6, 6.07) is 8.76. The summed E-state index contributed by atoms with van der Waals surface area (Å²) >= 11 is 1.01. The molecule has 0 saturated carbocycles. The molecule has 2 rings (SSSR count). The summed E-state index contributed by atoms with van der Waals surface area (Å²) in [4.78, 5) is 10.6. The third kappa shape index (κ3) is 2.83. The summed E-state index contributed by atoms with van der Waals surface area (Å²) in [5.41, 5.74) is 6.81. The van der Waals surface area contributed by atoms with Crippen molar-refractivity contribution in [1.29, 1.82) is 5.26 Å². The lowest BCUT2D eigenvalue weighted by atomic mass is 10.2. The van der Waals surface area contributed by atoms with Crippen LogP contribution in [0.15, 0.2) is 29.4 Å². The van der Waals surface area contributed by atoms with Crippen LogP contribution in [-0.2, 0) is 4.79 Å². The maximum absolute atomic E-state index is 10.6. The van der Waals surface area contributed by atoms with Crippen LogP contribution in [0.3, 0.4) is 0 Å². The second-order valence-corrected chi connectivity index (χ2v) is 4.46. The number of aromatic nitrogens is 3. The lowest BCUT2D eigenvalue weighted by Crippen LogP contribution is -2.04. The smallest absolute Gasteiger partial charge is 0.313 e. The van der Waals surface area contributed by atoms with E-state index in [0.717, 1.165) is 11.8 Å². The van der Waals surface area contributed by atoms with Gasteiger partial charge in [-0.2, -0.15) is 5.26 Å². The predicted octanol–water partition coefficient (Wildman–Crippen LogP) is 0.898. The van der Waals surface area contributed by atoms with Gasteiger partial charge in [0, 0.05) is 0 Å². The number of carbonyl (C=O) groups is 1. The number of thioether (sulfide) groups is 1. The van der Waals surface area contributed by atoms with E-state index in [2.05, 4.69) is 10.2 Å². The van der Waals surface area contributed by atoms with Gasteiger partial charge in [0.25, 0.3) is 0 Å². The molecular formula is C11H9N5O2S. The average molecular weight is 275 g/mol. The Labute approximate surface area is 112 Å². The van der Waals surface area contributed by atoms with Crippen molar-refractivity contribution < 1.29 is 9.90 Å². The van der Waals surface area contributed by atoms with Crippen LogP contribution < -0.4 is 5.73 Å². The van der Waals surface area contributed by atoms with Crippen LogP contribution in [0.2, 0.25) is 0 Å². The van der Waals surface area contributed by atoms with Gasteiger partial charge in [0.15, 0.2) is 5.16 Å². The van der Waals surface area contributed by atoms with E-state index in [9.17, 15) is 4.79 Å². The maximum Gasteiger partial charge on any atom is 0.313 e. The summed E-state index contributed by atoms with van der Waals surface area (Å²) in [6.07, 6.45) is 0. The molecule has 0 spiro atoms. The number of anilines is 1. The van der Waals surface area contributed by atoms with Gasteiger partial charge < -0.3 is 10.8 Å². The Hall–Kier alpha value is -2.53. The number of carboxylic acid groups (broad SMARTS) is 1. The molecule has 0 atom stereocenters. The van der Waals surface area contributed by atoms with Crippen molar-refractivity contribution in [2.45, 2.75) is 5.16 Å². The largest absolute Gasteiger partial charge is 0.481 e. The minimum absolute atomic E-state index is 0.142. The number of nitrogens with zero attached hydrogens (tertiary/aromatic N) is 4. The topological polar surface area (TPSA) is 118 Å². The maximum atomic E-state index is 10.6. The number of nitrogens with two attached hydrogens (primary N) is 1. The van der Waals surface area contributed by atoms with E-state index < -0.39 is 5.97 Å². The van der Waals surface area contributed by atoms with Gasteiger partial charge in [-0.25, -0.2) is 0 Å². The molecule has 7 nitrogen and oxygen atoms in total. The molecule has 8 heteroatoms. The SMILES string of the molecule is N#Cc1cccc(-n2c(N)nnc2SCC(=O)O)c1. The summed E-state index contributed by atoms with van der Waals surface area (Å²) in [7, 11) is 0. The molecule has 19 heavy (non-hydrogen) atoms. The Kier molecular flexibility index (Phi) is 3.68. The van der Waals surface area contributed by atoms with Crippen molar-refractivity contribution in [3.8, 4) is 11.8 Å². The highest BCUT2D eigenvalue weighted by Crippen LogP contribution is 2.23. The first-order valence-electron chi connectivity index (χ1n) is 5.18. The van der Waals surface area contributed by atoms with Crippen molar-refractivity contribution in [1.82, 2.24) is 14.8 Å². The zero-order valence-electron chi connectivity index (χ0n) is 9.65. The molecule has 1 aromatic heterocycles. The quantitative estimate of drug-likeness (QED) is 0.795. The lowest BCUT2D eigenvalue weighted by molar-refractivity contribution is -0.133. The zero-order chi connectivity index (χ0) is 13.8. The van der Waals surface area contributed by atoms with E-state index in [1.807, 2.05) is 6.07 Å². The molecule has 0 aliphatic heterocycles. The molecule has 1 aromatic carbocycles. The predicted molar refractivity (Wildman–Crippen MR) is 68.8 cm³/mol. The molecule has 96 valence electrons. The van der Waals surface area contributed by atoms with Gasteiger partial charge >= 0.3 is 5.97 Å². The molecule has 3 N–H and O–H groups in total. The first-order chi connectivity index (χ1) is 9.11. The van der Waals surface area contributed by atoms with Gasteiger partial charge in [-0.05, 0) is 18.2 Å². The van der Waals surface area contributed by atoms with Crippen LogP contribution >= 0.6 is 11.8 Å². The number of benzene rings is 1. The highest BCUT2D eigenvalue weighted by molar-refractivity contribution is 7.99. The van der Waals surface area contributed by atoms with Crippen LogP contribution in [0.25, 0.3) is 5.69 Å². The van der Waals surface area contributed by atoms with E-state index >= 15 is 0 Å². The second kappa shape index (κ2) is 5.41. The number of hydrogen-bond acceptors (Lipinski definition) is 6. The van der Waals surface area contributed by atoms with E-state index in [-0.39, 0.29) is 11.7 Å². The fraction of sp³-hybridized carbons (Fsp3) is 0.0909. The van der Waals surface area contributed by atoms with Gasteiger partial charge in [0.1, 0.15) is 0 Å². The normalized spacial score (nSPS) is 10.1. The summed E-state index contributed by atoms with van der Waals surface area (Å²) < 4.78 is 1.51. The molecule has 1 heterocycles. The second-order valence-electron chi connectivity index (χ2n) is 3.52. The van der Waals surface area contributed by atoms with Gasteiger partial charge in [-0.3, -0.25) is 9.36 Å². The fourth-order valence-corrected chi connectivity index (χ4v) is 2.14. The number of nitriles is 1. The van der Waals surface area contributed by atoms with Crippen LogP contribution in [-0.4, -0.2) is 31.6 Å². The zero-order valence-corrected chi connectivity index (χ0v) is 10.5. The van der Waals surface area contributed by atoms with Crippen LogP contribution in [0.5, 0.6) is 0 Å². The van der Waals surface area contributed by atoms with Gasteiger partial charge in [0.2, 0.25) is 5.95 Å². The van der Waals surface area contributed by atoms with Crippen LogP contribution in [0, 0.1) is 11.3 Å². The molecule has 0 fully saturated rings. The van der Waals surface area contributed by atoms with Crippen LogP contribution in [0.4, 0.5) is 5.95 Å². The molecule has 0 amide bonds. The summed E-state index contributed by atoms with van der Waals surface area (Å²) in [6.45, 7) is 0. The standard InChI is InChI=1S/C11H9N5O2S/c12-5-7-2-1-3-8(4-7)16-10(13)14-15-11(16)19-6-9(17)18/h1-4H,6H2,(H2,13,14)(H,17,18). The minimum atomic E-state index is -0.955. The Balaban J connectivity index is 2.40. The highest BCUT2D eigenvalue weighted by atomic mass is 32.2. The van der Waals surface area contributed by atoms with Crippen molar-refractivity contribution in [2.75, 3.05) is 11.5 Å². The minimum Gasteiger partial charge on any atom is -0.481 e. The summed E-state index contributed by atoms with van der Waals surface area (Å²) in [5.74, 6) is -0.956. The monoisotopic (exact) mass is 275 g/mol. The lowest BCUT2D eigenvalue weighted by Gasteiger charge is -2.07. The molecule has 0 aliphatic carbocycles. The highest BCUT2D eigenvalue weighted by Gasteiger charge is 2.13. The molecule has 0 radical (unpaired) electrons. The van der Waals surface area contributed by atoms with E-state index in [0.29, 0.717) is 16.4 Å². The van der Waals surface area contributed by atoms with Crippen molar-refractivity contribution >= 4 is 23.7 Å². The van der Waals surface area contributed by atoms with Gasteiger partial charge in [0.05, 0.1) is 23.1 Å². The molecule has 0 saturated heterocycles. The molecule has 0 bridgehead atoms. The number of hydrogen-bond donors (Lipinski definition) is 2. The summed E-state index contributed by atoms with van der Waals surface area (Å²) in [5, 5.41) is 25.5. The van der Waals surface area contributed by atoms with Gasteiger partial charge in [-0.1, -0.05) is 17.8 Å². The van der Waals surface area contributed by atoms with E-state index in [4.69, 9.17) is 16.1 Å². The Bertz CT molecular complexity index is 661. The number of carboxylic acids is 1. The fourth-order valence-electron chi connectivity index (χ4n) is 1.46. The molecule has 0 aliphatic rings. The number of aliphatic carboxylic acids is 1. The van der Waals surface area contributed by atoms with Crippen molar-refractivity contribution in [3.63, 3.8) is 0 Å². The average Bonchev–Trinajstić information content (AvgIpc) is 2.77. The number of nitrogen functional groups attached to an aromatic ring is 1. The van der Waals surface area contributed by atoms with Crippen molar-refractivity contribution in [3.05, 3.63) is 29.8 Å². The molecule has 0 unspecified atom stereocenters. The number of rotatable bonds is 4. The molecular weight excluding hydrogens is 266 g/mol. The van der Waals surface area contributed by atoms with Crippen molar-refractivity contribution in [2.24, 2.45) is 0 Å². The molecule has 2 aromatic rings. The van der Waals surface area contributed by atoms with E-state index in [1.165, 1.54) is 4.57 Å². The van der Waals surface area contributed by atoms with Crippen LogP contribution in [0.1, 0.15) is 5.56 Å². The third-order valence-corrected chi connectivity index (χ3v) is 3.13. The third-order valence-electron chi connectivity index (χ3n) is 2.22. The Morgan fingerprint density at radius 2 is 2.32 bits per heavy atom. The van der Waals surface area contributed by atoms with Gasteiger partial charge in [-0.15, -0.1) is 10.2 Å². The first-order valence-corrected chi connectivity index (χ1v) is 6.16. The Morgan fingerprint density at radius 3 is 3.00 bits per heavy atom. The first kappa shape index (κ1) is 12.9.